The van der Waals surface area contributed by atoms with E-state index in [1.807, 2.05) is 30.3 Å². The summed E-state index contributed by atoms with van der Waals surface area (Å²) >= 11 is 0.391. The zero-order valence-corrected chi connectivity index (χ0v) is 21.7. The molecule has 0 radical (unpaired) electrons. The van der Waals surface area contributed by atoms with Gasteiger partial charge in [0.15, 0.2) is 0 Å². The van der Waals surface area contributed by atoms with E-state index in [9.17, 15) is 4.79 Å². The fourth-order valence-electron chi connectivity index (χ4n) is 3.34. The van der Waals surface area contributed by atoms with Crippen molar-refractivity contribution >= 4 is 39.2 Å². The molecule has 0 N–H and O–H groups in total. The molecule has 0 saturated carbocycles. The van der Waals surface area contributed by atoms with Crippen LogP contribution >= 0.6 is 0 Å². The standard InChI is InChI=1S/C26H36O2Se2/c1-2-3-4-5-6-11-17-24(28-26(27)30-25-19-12-8-13-20-25)18-14-21-29-22-23-15-9-7-10-16-23/h7-10,12-13,15-16,19-20,24H,2-6,11,14,17-18,21-22H2,1H3. The maximum atomic E-state index is 12.5. The molecule has 0 heterocycles. The zero-order chi connectivity index (χ0) is 21.3. The Kier molecular flexibility index (Phi) is 14.0. The van der Waals surface area contributed by atoms with Crippen LogP contribution in [0.2, 0.25) is 5.32 Å². The van der Waals surface area contributed by atoms with Crippen molar-refractivity contribution in [2.24, 2.45) is 0 Å². The number of rotatable bonds is 16. The maximum absolute atomic E-state index is 12.5. The Morgan fingerprint density at radius 1 is 0.833 bits per heavy atom. The van der Waals surface area contributed by atoms with Crippen LogP contribution in [0.25, 0.3) is 0 Å². The Bertz CT molecular complexity index is 676. The Morgan fingerprint density at radius 3 is 2.20 bits per heavy atom. The second-order valence-electron chi connectivity index (χ2n) is 7.64. The average Bonchev–Trinajstić information content (AvgIpc) is 2.77. The number of benzene rings is 2. The van der Waals surface area contributed by atoms with E-state index in [1.54, 1.807) is 0 Å². The molecule has 0 aliphatic heterocycles. The summed E-state index contributed by atoms with van der Waals surface area (Å²) in [7, 11) is 0. The van der Waals surface area contributed by atoms with Crippen LogP contribution in [-0.4, -0.2) is 40.9 Å². The molecule has 2 nitrogen and oxygen atoms in total. The fourth-order valence-corrected chi connectivity index (χ4v) is 6.72. The van der Waals surface area contributed by atoms with Gasteiger partial charge in [0.05, 0.1) is 0 Å². The van der Waals surface area contributed by atoms with Gasteiger partial charge in [-0.1, -0.05) is 0 Å². The fraction of sp³-hybridized carbons (Fsp3) is 0.500. The van der Waals surface area contributed by atoms with Crippen LogP contribution in [0, 0.1) is 0 Å². The van der Waals surface area contributed by atoms with Crippen LogP contribution in [0.1, 0.15) is 70.3 Å². The van der Waals surface area contributed by atoms with E-state index >= 15 is 0 Å². The summed E-state index contributed by atoms with van der Waals surface area (Å²) in [5.41, 5.74) is 1.44. The molecule has 0 bridgehead atoms. The van der Waals surface area contributed by atoms with Crippen LogP contribution in [0.5, 0.6) is 0 Å². The number of ether oxygens (including phenoxy) is 1. The van der Waals surface area contributed by atoms with Crippen molar-refractivity contribution in [3.63, 3.8) is 0 Å². The van der Waals surface area contributed by atoms with Crippen molar-refractivity contribution in [3.8, 4) is 0 Å². The Balaban J connectivity index is 1.70. The molecule has 1 atom stereocenters. The van der Waals surface area contributed by atoms with E-state index < -0.39 is 0 Å². The Hall–Kier alpha value is -1.05. The van der Waals surface area contributed by atoms with Crippen molar-refractivity contribution in [3.05, 3.63) is 66.2 Å². The van der Waals surface area contributed by atoms with Crippen molar-refractivity contribution in [2.45, 2.75) is 81.5 Å². The Morgan fingerprint density at radius 2 is 1.47 bits per heavy atom. The first-order chi connectivity index (χ1) is 14.8. The number of unbranched alkanes of at least 4 members (excludes halogenated alkanes) is 5. The van der Waals surface area contributed by atoms with Gasteiger partial charge in [-0.25, -0.2) is 0 Å². The predicted molar refractivity (Wildman–Crippen MR) is 130 cm³/mol. The molecular formula is C26H36O2Se2. The molecule has 164 valence electrons. The molecule has 0 amide bonds. The monoisotopic (exact) mass is 540 g/mol. The molecule has 4 heteroatoms. The number of hydrogen-bond acceptors (Lipinski definition) is 2. The van der Waals surface area contributed by atoms with E-state index in [0.717, 1.165) is 17.3 Å². The summed E-state index contributed by atoms with van der Waals surface area (Å²) in [6.07, 6.45) is 11.0. The zero-order valence-electron chi connectivity index (χ0n) is 18.3. The van der Waals surface area contributed by atoms with Crippen LogP contribution in [0.4, 0.5) is 4.79 Å². The van der Waals surface area contributed by atoms with Crippen LogP contribution in [-0.2, 0) is 10.1 Å². The van der Waals surface area contributed by atoms with E-state index in [4.69, 9.17) is 4.74 Å². The van der Waals surface area contributed by atoms with Gasteiger partial charge >= 0.3 is 196 Å². The number of carbonyl (C=O) groups excluding carboxylic acids is 1. The third kappa shape index (κ3) is 12.0. The summed E-state index contributed by atoms with van der Waals surface area (Å²) < 4.78 is 7.04. The summed E-state index contributed by atoms with van der Waals surface area (Å²) in [5, 5.41) is 2.46. The van der Waals surface area contributed by atoms with E-state index in [1.165, 1.54) is 61.1 Å². The molecule has 1 unspecified atom stereocenters. The first-order valence-electron chi connectivity index (χ1n) is 11.3. The molecule has 2 aromatic carbocycles. The van der Waals surface area contributed by atoms with Gasteiger partial charge in [0.2, 0.25) is 0 Å². The summed E-state index contributed by atoms with van der Waals surface area (Å²) in [5.74, 6) is 0. The van der Waals surface area contributed by atoms with Gasteiger partial charge < -0.3 is 0 Å². The average molecular weight is 538 g/mol. The topological polar surface area (TPSA) is 26.3 Å². The first kappa shape index (κ1) is 25.2. The van der Waals surface area contributed by atoms with Crippen LogP contribution in [0.15, 0.2) is 60.7 Å². The minimum absolute atomic E-state index is 0.0144. The van der Waals surface area contributed by atoms with Crippen molar-refractivity contribution in [2.75, 3.05) is 0 Å². The van der Waals surface area contributed by atoms with E-state index in [2.05, 4.69) is 37.3 Å². The molecule has 0 saturated heterocycles. The molecular weight excluding hydrogens is 502 g/mol. The van der Waals surface area contributed by atoms with Gasteiger partial charge in [-0.3, -0.25) is 0 Å². The van der Waals surface area contributed by atoms with Gasteiger partial charge in [0.1, 0.15) is 0 Å². The van der Waals surface area contributed by atoms with Gasteiger partial charge in [-0.05, 0) is 0 Å². The molecule has 0 fully saturated rings. The van der Waals surface area contributed by atoms with Gasteiger partial charge in [-0.2, -0.15) is 0 Å². The summed E-state index contributed by atoms with van der Waals surface area (Å²) in [4.78, 5) is 12.5. The van der Waals surface area contributed by atoms with Crippen molar-refractivity contribution in [1.29, 1.82) is 0 Å². The summed E-state index contributed by atoms with van der Waals surface area (Å²) in [6, 6.07) is 20.8. The van der Waals surface area contributed by atoms with Crippen molar-refractivity contribution in [1.82, 2.24) is 0 Å². The molecule has 2 aromatic rings. The first-order valence-corrected chi connectivity index (χ1v) is 15.5. The normalized spacial score (nSPS) is 11.9. The number of hydrogen-bond donors (Lipinski definition) is 0. The molecule has 0 aromatic heterocycles. The quantitative estimate of drug-likeness (QED) is 0.183. The van der Waals surface area contributed by atoms with Gasteiger partial charge in [0, 0.05) is 0 Å². The van der Waals surface area contributed by atoms with Gasteiger partial charge in [0.25, 0.3) is 0 Å². The Labute approximate surface area is 195 Å². The molecule has 0 aliphatic carbocycles. The molecule has 2 rings (SSSR count). The van der Waals surface area contributed by atoms with E-state index in [0.29, 0.717) is 15.0 Å². The van der Waals surface area contributed by atoms with Gasteiger partial charge in [-0.15, -0.1) is 0 Å². The van der Waals surface area contributed by atoms with E-state index in [-0.39, 0.29) is 25.9 Å². The number of carbonyl (C=O) groups is 1. The molecule has 0 spiro atoms. The SMILES string of the molecule is CCCCCCCCC(CCC[Se]Cc1ccccc1)OC(=O)[Se]c1ccccc1. The third-order valence-corrected chi connectivity index (χ3v) is 8.97. The minimum atomic E-state index is -0.238. The summed E-state index contributed by atoms with van der Waals surface area (Å²) in [6.45, 7) is 2.25. The van der Waals surface area contributed by atoms with Crippen molar-refractivity contribution < 1.29 is 9.53 Å². The molecule has 0 aliphatic rings. The third-order valence-electron chi connectivity index (χ3n) is 5.01. The molecule has 30 heavy (non-hydrogen) atoms. The second-order valence-corrected chi connectivity index (χ2v) is 12.1. The van der Waals surface area contributed by atoms with Crippen LogP contribution < -0.4 is 4.46 Å². The second kappa shape index (κ2) is 16.6. The van der Waals surface area contributed by atoms with Crippen LogP contribution in [0.3, 0.4) is 0 Å². The predicted octanol–water partition coefficient (Wildman–Crippen LogP) is 6.37.